The number of cyclic esters (lactones) is 1. The van der Waals surface area contributed by atoms with Crippen molar-refractivity contribution in [1.82, 2.24) is 4.90 Å². The summed E-state index contributed by atoms with van der Waals surface area (Å²) in [5.74, 6) is -2.62. The molecule has 0 N–H and O–H groups in total. The molecule has 1 saturated heterocycles. The molecule has 0 aliphatic carbocycles. The molecule has 3 atom stereocenters. The smallest absolute Gasteiger partial charge is 0.411 e. The zero-order valence-electron chi connectivity index (χ0n) is 22.0. The molecule has 0 saturated carbocycles. The third kappa shape index (κ3) is 5.56. The number of ether oxygens (including phenoxy) is 4. The lowest BCUT2D eigenvalue weighted by molar-refractivity contribution is -0.176. The van der Waals surface area contributed by atoms with Gasteiger partial charge < -0.3 is 18.9 Å². The van der Waals surface area contributed by atoms with E-state index in [1.54, 1.807) is 6.92 Å². The molecule has 1 heterocycles. The third-order valence-corrected chi connectivity index (χ3v) is 6.83. The Morgan fingerprint density at radius 1 is 0.921 bits per heavy atom. The first kappa shape index (κ1) is 28.4. The number of rotatable bonds is 11. The lowest BCUT2D eigenvalue weighted by Gasteiger charge is -2.41. The normalized spacial score (nSPS) is 17.8. The Bertz CT molecular complexity index is 1150. The molecule has 1 fully saturated rings. The van der Waals surface area contributed by atoms with Gasteiger partial charge in [-0.1, -0.05) is 66.2 Å². The molecule has 1 amide bonds. The van der Waals surface area contributed by atoms with Crippen LogP contribution in [0.4, 0.5) is 4.79 Å². The van der Waals surface area contributed by atoms with Crippen molar-refractivity contribution in [3.8, 4) is 0 Å². The Morgan fingerprint density at radius 3 is 1.92 bits per heavy atom. The number of hydrogen-bond acceptors (Lipinski definition) is 8. The molecule has 202 valence electrons. The van der Waals surface area contributed by atoms with Crippen molar-refractivity contribution >= 4 is 24.0 Å². The molecular formula is C29H33NO8. The number of benzene rings is 2. The van der Waals surface area contributed by atoms with Gasteiger partial charge in [-0.25, -0.2) is 4.79 Å². The van der Waals surface area contributed by atoms with Crippen LogP contribution in [0.3, 0.4) is 0 Å². The van der Waals surface area contributed by atoms with Crippen molar-refractivity contribution in [2.24, 2.45) is 5.41 Å². The van der Waals surface area contributed by atoms with E-state index in [1.165, 1.54) is 12.0 Å². The van der Waals surface area contributed by atoms with Crippen LogP contribution in [0.5, 0.6) is 0 Å². The Labute approximate surface area is 222 Å². The van der Waals surface area contributed by atoms with Crippen molar-refractivity contribution in [2.75, 3.05) is 21.3 Å². The average Bonchev–Trinajstić information content (AvgIpc) is 3.29. The van der Waals surface area contributed by atoms with Gasteiger partial charge in [0.05, 0.1) is 33.8 Å². The van der Waals surface area contributed by atoms with Gasteiger partial charge in [-0.05, 0) is 30.9 Å². The summed E-state index contributed by atoms with van der Waals surface area (Å²) in [6.07, 6.45) is -1.97. The topological polar surface area (TPSA) is 108 Å². The fourth-order valence-corrected chi connectivity index (χ4v) is 4.95. The number of esters is 3. The zero-order valence-corrected chi connectivity index (χ0v) is 22.0. The molecule has 2 aromatic carbocycles. The Hall–Kier alpha value is -4.14. The van der Waals surface area contributed by atoms with Gasteiger partial charge in [0.2, 0.25) is 0 Å². The van der Waals surface area contributed by atoms with Gasteiger partial charge in [-0.3, -0.25) is 19.3 Å². The van der Waals surface area contributed by atoms with Crippen molar-refractivity contribution in [3.05, 3.63) is 83.9 Å². The van der Waals surface area contributed by atoms with Crippen LogP contribution in [0.15, 0.2) is 72.8 Å². The van der Waals surface area contributed by atoms with Crippen molar-refractivity contribution < 1.29 is 38.1 Å². The van der Waals surface area contributed by atoms with E-state index in [9.17, 15) is 19.2 Å². The zero-order chi connectivity index (χ0) is 27.9. The molecule has 9 heteroatoms. The first-order chi connectivity index (χ1) is 18.2. The first-order valence-electron chi connectivity index (χ1n) is 12.2. The number of amides is 1. The first-order valence-corrected chi connectivity index (χ1v) is 12.2. The quantitative estimate of drug-likeness (QED) is 0.183. The minimum atomic E-state index is -2.08. The number of nitrogens with zero attached hydrogens (tertiary/aromatic N) is 1. The van der Waals surface area contributed by atoms with Gasteiger partial charge in [-0.2, -0.15) is 0 Å². The van der Waals surface area contributed by atoms with Crippen LogP contribution in [-0.2, 0) is 33.3 Å². The molecule has 9 nitrogen and oxygen atoms in total. The minimum Gasteiger partial charge on any atom is -0.469 e. The van der Waals surface area contributed by atoms with Crippen LogP contribution in [-0.4, -0.2) is 56.3 Å². The number of allylic oxidation sites excluding steroid dienone is 1. The van der Waals surface area contributed by atoms with E-state index in [-0.39, 0.29) is 12.8 Å². The highest BCUT2D eigenvalue weighted by Crippen LogP contribution is 2.49. The van der Waals surface area contributed by atoms with Crippen molar-refractivity contribution in [1.29, 1.82) is 0 Å². The Kier molecular flexibility index (Phi) is 9.28. The second-order valence-corrected chi connectivity index (χ2v) is 9.19. The second-order valence-electron chi connectivity index (χ2n) is 9.19. The molecule has 0 aromatic heterocycles. The SMILES string of the molecule is C=C(C)CCC(C(=O)OC)(C(=O)OC)[C@H](CC(=O)OC)N1C(=O)O[C@@H](c2ccccc2)[C@H]1c1ccccc1. The molecule has 0 unspecified atom stereocenters. The predicted octanol–water partition coefficient (Wildman–Crippen LogP) is 4.54. The van der Waals surface area contributed by atoms with E-state index in [0.29, 0.717) is 16.7 Å². The van der Waals surface area contributed by atoms with E-state index in [4.69, 9.17) is 18.9 Å². The number of methoxy groups -OCH3 is 3. The number of hydrogen-bond donors (Lipinski definition) is 0. The van der Waals surface area contributed by atoms with E-state index in [1.807, 2.05) is 60.7 Å². The lowest BCUT2D eigenvalue weighted by Crippen LogP contribution is -2.59. The molecule has 3 rings (SSSR count). The van der Waals surface area contributed by atoms with Crippen LogP contribution in [0.25, 0.3) is 0 Å². The summed E-state index contributed by atoms with van der Waals surface area (Å²) in [5.41, 5.74) is 0.00178. The standard InChI is InChI=1S/C29H33NO8/c1-19(2)16-17-29(26(32)36-4,27(33)37-5)22(18-23(31)35-3)30-24(20-12-8-6-9-13-20)25(38-28(30)34)21-14-10-7-11-15-21/h6-15,22,24-25H,1,16-18H2,2-5H3/t22-,24+,25-/m0/s1. The molecule has 1 aliphatic rings. The van der Waals surface area contributed by atoms with Crippen LogP contribution < -0.4 is 0 Å². The highest BCUT2D eigenvalue weighted by molar-refractivity contribution is 6.02. The van der Waals surface area contributed by atoms with Crippen LogP contribution in [0.2, 0.25) is 0 Å². The second kappa shape index (κ2) is 12.4. The van der Waals surface area contributed by atoms with Gasteiger partial charge in [-0.15, -0.1) is 6.58 Å². The number of carbonyl (C=O) groups is 4. The number of carbonyl (C=O) groups excluding carboxylic acids is 4. The van der Waals surface area contributed by atoms with Crippen LogP contribution >= 0.6 is 0 Å². The van der Waals surface area contributed by atoms with E-state index in [2.05, 4.69) is 6.58 Å². The van der Waals surface area contributed by atoms with E-state index in [0.717, 1.165) is 14.2 Å². The Morgan fingerprint density at radius 2 is 1.45 bits per heavy atom. The highest BCUT2D eigenvalue weighted by atomic mass is 16.6. The molecule has 2 aromatic rings. The van der Waals surface area contributed by atoms with Crippen LogP contribution in [0, 0.1) is 5.41 Å². The van der Waals surface area contributed by atoms with Crippen molar-refractivity contribution in [2.45, 2.75) is 44.4 Å². The largest absolute Gasteiger partial charge is 0.469 e. The maximum atomic E-state index is 13.7. The molecule has 0 bridgehead atoms. The van der Waals surface area contributed by atoms with Gasteiger partial charge in [0.25, 0.3) is 0 Å². The summed E-state index contributed by atoms with van der Waals surface area (Å²) in [6.45, 7) is 5.64. The molecule has 0 spiro atoms. The lowest BCUT2D eigenvalue weighted by atomic mass is 9.72. The fourth-order valence-electron chi connectivity index (χ4n) is 4.95. The molecular weight excluding hydrogens is 490 g/mol. The minimum absolute atomic E-state index is 0.120. The van der Waals surface area contributed by atoms with Gasteiger partial charge in [0.15, 0.2) is 11.5 Å². The summed E-state index contributed by atoms with van der Waals surface area (Å²) in [6, 6.07) is 16.0. The van der Waals surface area contributed by atoms with E-state index >= 15 is 0 Å². The van der Waals surface area contributed by atoms with Gasteiger partial charge >= 0.3 is 24.0 Å². The average molecular weight is 524 g/mol. The van der Waals surface area contributed by atoms with Crippen molar-refractivity contribution in [3.63, 3.8) is 0 Å². The molecule has 0 radical (unpaired) electrons. The van der Waals surface area contributed by atoms with E-state index < -0.39 is 54.0 Å². The maximum Gasteiger partial charge on any atom is 0.411 e. The summed E-state index contributed by atoms with van der Waals surface area (Å²) in [7, 11) is 3.47. The maximum absolute atomic E-state index is 13.7. The Balaban J connectivity index is 2.30. The highest BCUT2D eigenvalue weighted by Gasteiger charge is 2.61. The summed E-state index contributed by atoms with van der Waals surface area (Å²) in [5, 5.41) is 0. The summed E-state index contributed by atoms with van der Waals surface area (Å²) < 4.78 is 21.0. The van der Waals surface area contributed by atoms with Gasteiger partial charge in [0.1, 0.15) is 6.04 Å². The van der Waals surface area contributed by atoms with Gasteiger partial charge in [0, 0.05) is 0 Å². The predicted molar refractivity (Wildman–Crippen MR) is 138 cm³/mol. The molecule has 38 heavy (non-hydrogen) atoms. The summed E-state index contributed by atoms with van der Waals surface area (Å²) >= 11 is 0. The van der Waals surface area contributed by atoms with Crippen LogP contribution in [0.1, 0.15) is 49.5 Å². The third-order valence-electron chi connectivity index (χ3n) is 6.83. The monoisotopic (exact) mass is 523 g/mol. The molecule has 1 aliphatic heterocycles. The fraction of sp³-hybridized carbons (Fsp3) is 0.379. The summed E-state index contributed by atoms with van der Waals surface area (Å²) in [4.78, 5) is 54.8.